The quantitative estimate of drug-likeness (QED) is 0.850. The number of rotatable bonds is 5. The summed E-state index contributed by atoms with van der Waals surface area (Å²) < 4.78 is 5.28. The maximum atomic E-state index is 5.84. The van der Waals surface area contributed by atoms with Crippen LogP contribution in [0.4, 0.5) is 0 Å². The average molecular weight is 236 g/mol. The number of hydrogen-bond acceptors (Lipinski definition) is 3. The van der Waals surface area contributed by atoms with Crippen LogP contribution >= 0.6 is 0 Å². The van der Waals surface area contributed by atoms with Crippen LogP contribution in [0.25, 0.3) is 0 Å². The van der Waals surface area contributed by atoms with Crippen LogP contribution in [0.2, 0.25) is 0 Å². The van der Waals surface area contributed by atoms with Gasteiger partial charge in [-0.25, -0.2) is 0 Å². The lowest BCUT2D eigenvalue weighted by Gasteiger charge is -2.29. The Bertz CT molecular complexity index is 363. The molecule has 3 nitrogen and oxygen atoms in total. The van der Waals surface area contributed by atoms with Crippen molar-refractivity contribution < 1.29 is 4.74 Å². The standard InChI is InChI=1S/C14H24N2O/c1-10-8-12(6-7-14(10)17-5)11(2)13(9-15)16(3)4/h6-8,11,13H,9,15H2,1-5H3. The summed E-state index contributed by atoms with van der Waals surface area (Å²) in [6.07, 6.45) is 0. The maximum absolute atomic E-state index is 5.84. The number of nitrogens with zero attached hydrogens (tertiary/aromatic N) is 1. The molecule has 0 saturated heterocycles. The van der Waals surface area contributed by atoms with Crippen molar-refractivity contribution in [2.75, 3.05) is 27.7 Å². The largest absolute Gasteiger partial charge is 0.496 e. The zero-order valence-corrected chi connectivity index (χ0v) is 11.5. The molecule has 0 bridgehead atoms. The second-order valence-corrected chi connectivity index (χ2v) is 4.78. The van der Waals surface area contributed by atoms with Crippen LogP contribution in [0.15, 0.2) is 18.2 Å². The molecular weight excluding hydrogens is 212 g/mol. The van der Waals surface area contributed by atoms with Gasteiger partial charge in [-0.15, -0.1) is 0 Å². The number of nitrogens with two attached hydrogens (primary N) is 1. The van der Waals surface area contributed by atoms with Gasteiger partial charge in [0, 0.05) is 12.6 Å². The summed E-state index contributed by atoms with van der Waals surface area (Å²) in [5.74, 6) is 1.36. The van der Waals surface area contributed by atoms with E-state index in [1.165, 1.54) is 11.1 Å². The van der Waals surface area contributed by atoms with Crippen molar-refractivity contribution in [3.05, 3.63) is 29.3 Å². The normalized spacial score (nSPS) is 14.8. The number of methoxy groups -OCH3 is 1. The zero-order valence-electron chi connectivity index (χ0n) is 11.5. The van der Waals surface area contributed by atoms with Crippen molar-refractivity contribution >= 4 is 0 Å². The summed E-state index contributed by atoms with van der Waals surface area (Å²) in [6.45, 7) is 4.96. The molecule has 0 radical (unpaired) electrons. The zero-order chi connectivity index (χ0) is 13.0. The molecule has 0 spiro atoms. The Balaban J connectivity index is 2.95. The lowest BCUT2D eigenvalue weighted by atomic mass is 9.91. The van der Waals surface area contributed by atoms with Gasteiger partial charge in [-0.1, -0.05) is 19.1 Å². The van der Waals surface area contributed by atoms with E-state index in [9.17, 15) is 0 Å². The van der Waals surface area contributed by atoms with E-state index < -0.39 is 0 Å². The molecule has 2 N–H and O–H groups in total. The SMILES string of the molecule is COc1ccc(C(C)C(CN)N(C)C)cc1C. The fraction of sp³-hybridized carbons (Fsp3) is 0.571. The van der Waals surface area contributed by atoms with E-state index in [1.807, 2.05) is 6.07 Å². The second-order valence-electron chi connectivity index (χ2n) is 4.78. The van der Waals surface area contributed by atoms with Crippen LogP contribution in [-0.4, -0.2) is 38.7 Å². The van der Waals surface area contributed by atoms with Crippen molar-refractivity contribution in [2.24, 2.45) is 5.73 Å². The Hall–Kier alpha value is -1.06. The fourth-order valence-corrected chi connectivity index (χ4v) is 2.27. The van der Waals surface area contributed by atoms with Crippen molar-refractivity contribution in [3.8, 4) is 5.75 Å². The predicted octanol–water partition coefficient (Wildman–Crippen LogP) is 2.00. The minimum absolute atomic E-state index is 0.364. The third-order valence-electron chi connectivity index (χ3n) is 3.43. The molecule has 0 heterocycles. The van der Waals surface area contributed by atoms with Crippen molar-refractivity contribution in [3.63, 3.8) is 0 Å². The molecule has 1 aromatic carbocycles. The molecule has 0 amide bonds. The number of likely N-dealkylation sites (N-methyl/N-ethyl adjacent to an activating group) is 1. The maximum Gasteiger partial charge on any atom is 0.121 e. The van der Waals surface area contributed by atoms with Gasteiger partial charge >= 0.3 is 0 Å². The first-order valence-corrected chi connectivity index (χ1v) is 6.02. The number of aryl methyl sites for hydroxylation is 1. The highest BCUT2D eigenvalue weighted by atomic mass is 16.5. The van der Waals surface area contributed by atoms with Crippen molar-refractivity contribution in [2.45, 2.75) is 25.8 Å². The van der Waals surface area contributed by atoms with Crippen LogP contribution in [0, 0.1) is 6.92 Å². The van der Waals surface area contributed by atoms with E-state index in [1.54, 1.807) is 7.11 Å². The predicted molar refractivity (Wildman–Crippen MR) is 72.7 cm³/mol. The molecule has 2 unspecified atom stereocenters. The lowest BCUT2D eigenvalue weighted by Crippen LogP contribution is -2.39. The van der Waals surface area contributed by atoms with Crippen LogP contribution < -0.4 is 10.5 Å². The molecule has 1 aromatic rings. The van der Waals surface area contributed by atoms with Gasteiger partial charge in [-0.3, -0.25) is 0 Å². The minimum atomic E-state index is 0.364. The molecule has 96 valence electrons. The van der Waals surface area contributed by atoms with Crippen LogP contribution in [0.5, 0.6) is 5.75 Å². The van der Waals surface area contributed by atoms with E-state index in [0.29, 0.717) is 18.5 Å². The smallest absolute Gasteiger partial charge is 0.121 e. The van der Waals surface area contributed by atoms with E-state index in [4.69, 9.17) is 10.5 Å². The number of hydrogen-bond donors (Lipinski definition) is 1. The van der Waals surface area contributed by atoms with Gasteiger partial charge in [-0.2, -0.15) is 0 Å². The Morgan fingerprint density at radius 1 is 1.35 bits per heavy atom. The third kappa shape index (κ3) is 3.20. The summed E-state index contributed by atoms with van der Waals surface area (Å²) in [4.78, 5) is 2.18. The van der Waals surface area contributed by atoms with E-state index in [0.717, 1.165) is 5.75 Å². The van der Waals surface area contributed by atoms with E-state index >= 15 is 0 Å². The van der Waals surface area contributed by atoms with Gasteiger partial charge < -0.3 is 15.4 Å². The highest BCUT2D eigenvalue weighted by Crippen LogP contribution is 2.26. The Kier molecular flexibility index (Phi) is 4.97. The van der Waals surface area contributed by atoms with E-state index in [-0.39, 0.29) is 0 Å². The topological polar surface area (TPSA) is 38.5 Å². The Morgan fingerprint density at radius 2 is 2.00 bits per heavy atom. The molecule has 1 rings (SSSR count). The molecule has 0 aromatic heterocycles. The molecule has 17 heavy (non-hydrogen) atoms. The monoisotopic (exact) mass is 236 g/mol. The average Bonchev–Trinajstić information content (AvgIpc) is 2.29. The van der Waals surface area contributed by atoms with Gasteiger partial charge in [0.15, 0.2) is 0 Å². The first-order chi connectivity index (χ1) is 8.01. The number of benzene rings is 1. The van der Waals surface area contributed by atoms with Gasteiger partial charge in [0.25, 0.3) is 0 Å². The summed E-state index contributed by atoms with van der Waals surface area (Å²) in [5, 5.41) is 0. The molecular formula is C14H24N2O. The first-order valence-electron chi connectivity index (χ1n) is 6.02. The van der Waals surface area contributed by atoms with Crippen LogP contribution in [-0.2, 0) is 0 Å². The number of ether oxygens (including phenoxy) is 1. The van der Waals surface area contributed by atoms with Crippen LogP contribution in [0.1, 0.15) is 24.0 Å². The first kappa shape index (κ1) is 14.0. The molecule has 0 aliphatic heterocycles. The van der Waals surface area contributed by atoms with Gasteiger partial charge in [0.05, 0.1) is 7.11 Å². The second kappa shape index (κ2) is 6.03. The minimum Gasteiger partial charge on any atom is -0.496 e. The highest BCUT2D eigenvalue weighted by Gasteiger charge is 2.19. The lowest BCUT2D eigenvalue weighted by molar-refractivity contribution is 0.266. The molecule has 0 fully saturated rings. The molecule has 0 aliphatic rings. The molecule has 2 atom stereocenters. The third-order valence-corrected chi connectivity index (χ3v) is 3.43. The molecule has 0 saturated carbocycles. The summed E-state index contributed by atoms with van der Waals surface area (Å²) in [6, 6.07) is 6.71. The Labute approximate surface area is 105 Å². The molecule has 3 heteroatoms. The highest BCUT2D eigenvalue weighted by molar-refractivity contribution is 5.37. The fourth-order valence-electron chi connectivity index (χ4n) is 2.27. The van der Waals surface area contributed by atoms with E-state index in [2.05, 4.69) is 45.0 Å². The van der Waals surface area contributed by atoms with Gasteiger partial charge in [0.1, 0.15) is 5.75 Å². The van der Waals surface area contributed by atoms with Gasteiger partial charge in [-0.05, 0) is 44.1 Å². The summed E-state index contributed by atoms with van der Waals surface area (Å²) in [5.41, 5.74) is 8.32. The summed E-state index contributed by atoms with van der Waals surface area (Å²) >= 11 is 0. The van der Waals surface area contributed by atoms with Gasteiger partial charge in [0.2, 0.25) is 0 Å². The van der Waals surface area contributed by atoms with Crippen molar-refractivity contribution in [1.82, 2.24) is 4.90 Å². The Morgan fingerprint density at radius 3 is 2.41 bits per heavy atom. The summed E-state index contributed by atoms with van der Waals surface area (Å²) in [7, 11) is 5.85. The molecule has 0 aliphatic carbocycles. The van der Waals surface area contributed by atoms with Crippen LogP contribution in [0.3, 0.4) is 0 Å². The van der Waals surface area contributed by atoms with Crippen molar-refractivity contribution in [1.29, 1.82) is 0 Å².